The number of hydrogen-bond donors (Lipinski definition) is 1. The van der Waals surface area contributed by atoms with Gasteiger partial charge in [0.05, 0.1) is 19.4 Å². The summed E-state index contributed by atoms with van der Waals surface area (Å²) in [6.07, 6.45) is 3.73. The highest BCUT2D eigenvalue weighted by Crippen LogP contribution is 2.32. The highest BCUT2D eigenvalue weighted by Gasteiger charge is 2.11. The van der Waals surface area contributed by atoms with Crippen molar-refractivity contribution in [2.75, 3.05) is 6.61 Å². The third-order valence-electron chi connectivity index (χ3n) is 2.92. The lowest BCUT2D eigenvalue weighted by Gasteiger charge is -2.14. The van der Waals surface area contributed by atoms with Crippen molar-refractivity contribution >= 4 is 0 Å². The molecule has 1 N–H and O–H groups in total. The lowest BCUT2D eigenvalue weighted by Crippen LogP contribution is -2.02. The van der Waals surface area contributed by atoms with Crippen LogP contribution in [0.4, 0.5) is 0 Å². The minimum Gasteiger partial charge on any atom is -0.490 e. The molecule has 2 rings (SSSR count). The molecule has 0 saturated heterocycles. The molecule has 0 radical (unpaired) electrons. The zero-order valence-electron chi connectivity index (χ0n) is 11.9. The predicted molar refractivity (Wildman–Crippen MR) is 75.8 cm³/mol. The number of aliphatic hydroxyl groups excluding tert-OH is 1. The predicted octanol–water partition coefficient (Wildman–Crippen LogP) is 2.37. The molecule has 0 aliphatic heterocycles. The fraction of sp³-hybridized carbons (Fsp3) is 0.400. The van der Waals surface area contributed by atoms with Crippen molar-refractivity contribution in [2.45, 2.75) is 33.6 Å². The average Bonchev–Trinajstić information content (AvgIpc) is 2.94. The van der Waals surface area contributed by atoms with E-state index < -0.39 is 0 Å². The summed E-state index contributed by atoms with van der Waals surface area (Å²) in [4.78, 5) is 0. The maximum atomic E-state index is 9.40. The van der Waals surface area contributed by atoms with Gasteiger partial charge in [0.2, 0.25) is 0 Å². The van der Waals surface area contributed by atoms with Gasteiger partial charge in [0.25, 0.3) is 0 Å². The Hall–Kier alpha value is -2.01. The molecule has 0 spiro atoms. The number of rotatable bonds is 7. The second-order valence-electron chi connectivity index (χ2n) is 4.33. The van der Waals surface area contributed by atoms with Gasteiger partial charge in [-0.1, -0.05) is 12.1 Å². The Labute approximate surface area is 118 Å². The molecule has 0 saturated carbocycles. The molecule has 0 amide bonds. The Morgan fingerprint density at radius 2 is 2.10 bits per heavy atom. The van der Waals surface area contributed by atoms with E-state index in [2.05, 4.69) is 5.10 Å². The molecule has 1 aromatic carbocycles. The largest absolute Gasteiger partial charge is 0.490 e. The number of para-hydroxylation sites is 1. The summed E-state index contributed by atoms with van der Waals surface area (Å²) < 4.78 is 13.2. The molecule has 0 unspecified atom stereocenters. The first kappa shape index (κ1) is 14.4. The van der Waals surface area contributed by atoms with Crippen LogP contribution >= 0.6 is 0 Å². The minimum atomic E-state index is -0.0789. The quantitative estimate of drug-likeness (QED) is 0.843. The smallest absolute Gasteiger partial charge is 0.167 e. The van der Waals surface area contributed by atoms with Crippen LogP contribution in [-0.2, 0) is 19.8 Å². The molecular weight excluding hydrogens is 256 g/mol. The molecule has 1 aromatic heterocycles. The van der Waals surface area contributed by atoms with E-state index in [1.807, 2.05) is 42.9 Å². The highest BCUT2D eigenvalue weighted by molar-refractivity contribution is 5.46. The van der Waals surface area contributed by atoms with Crippen molar-refractivity contribution in [3.63, 3.8) is 0 Å². The lowest BCUT2D eigenvalue weighted by molar-refractivity contribution is 0.243. The summed E-state index contributed by atoms with van der Waals surface area (Å²) in [7, 11) is 0. The summed E-state index contributed by atoms with van der Waals surface area (Å²) >= 11 is 0. The minimum absolute atomic E-state index is 0.0789. The van der Waals surface area contributed by atoms with Crippen molar-refractivity contribution in [1.29, 1.82) is 0 Å². The molecule has 0 aliphatic rings. The summed E-state index contributed by atoms with van der Waals surface area (Å²) in [6.45, 7) is 5.66. The molecule has 0 fully saturated rings. The third-order valence-corrected chi connectivity index (χ3v) is 2.92. The molecule has 0 aliphatic carbocycles. The van der Waals surface area contributed by atoms with Crippen LogP contribution in [-0.4, -0.2) is 21.5 Å². The number of hydrogen-bond acceptors (Lipinski definition) is 4. The van der Waals surface area contributed by atoms with Crippen LogP contribution in [0.3, 0.4) is 0 Å². The van der Waals surface area contributed by atoms with E-state index >= 15 is 0 Å². The number of aromatic nitrogens is 2. The van der Waals surface area contributed by atoms with Gasteiger partial charge in [-0.25, -0.2) is 0 Å². The maximum absolute atomic E-state index is 9.40. The van der Waals surface area contributed by atoms with Crippen LogP contribution in [0.25, 0.3) is 0 Å². The molecule has 0 bridgehead atoms. The molecular formula is C15H20N2O3. The molecule has 20 heavy (non-hydrogen) atoms. The van der Waals surface area contributed by atoms with Crippen LogP contribution < -0.4 is 9.47 Å². The van der Waals surface area contributed by atoms with Gasteiger partial charge in [-0.15, -0.1) is 0 Å². The Balaban J connectivity index is 2.14. The van der Waals surface area contributed by atoms with Crippen LogP contribution in [0.5, 0.6) is 11.5 Å². The lowest BCUT2D eigenvalue weighted by atomic mass is 10.2. The van der Waals surface area contributed by atoms with Gasteiger partial charge < -0.3 is 14.6 Å². The van der Waals surface area contributed by atoms with E-state index in [0.717, 1.165) is 17.7 Å². The molecule has 0 atom stereocenters. The molecule has 108 valence electrons. The van der Waals surface area contributed by atoms with Gasteiger partial charge in [-0.05, 0) is 19.9 Å². The Bertz CT molecular complexity index is 552. The van der Waals surface area contributed by atoms with Crippen LogP contribution in [0.2, 0.25) is 0 Å². The number of aryl methyl sites for hydroxylation is 1. The third kappa shape index (κ3) is 3.30. The molecule has 5 nitrogen and oxygen atoms in total. The molecule has 1 heterocycles. The van der Waals surface area contributed by atoms with Gasteiger partial charge in [0.1, 0.15) is 6.61 Å². The second-order valence-corrected chi connectivity index (χ2v) is 4.33. The summed E-state index contributed by atoms with van der Waals surface area (Å²) in [5.41, 5.74) is 1.71. The monoisotopic (exact) mass is 276 g/mol. The normalized spacial score (nSPS) is 10.6. The second kappa shape index (κ2) is 6.96. The number of aliphatic hydroxyl groups is 1. The van der Waals surface area contributed by atoms with E-state index in [0.29, 0.717) is 24.7 Å². The zero-order valence-corrected chi connectivity index (χ0v) is 11.9. The summed E-state index contributed by atoms with van der Waals surface area (Å²) in [6, 6.07) is 5.51. The van der Waals surface area contributed by atoms with Crippen molar-refractivity contribution in [3.05, 3.63) is 41.7 Å². The molecule has 5 heteroatoms. The highest BCUT2D eigenvalue weighted by atomic mass is 16.5. The first-order valence-electron chi connectivity index (χ1n) is 6.78. The van der Waals surface area contributed by atoms with E-state index in [4.69, 9.17) is 9.47 Å². The fourth-order valence-electron chi connectivity index (χ4n) is 1.93. The van der Waals surface area contributed by atoms with Gasteiger partial charge in [0.15, 0.2) is 11.5 Å². The number of ether oxygens (including phenoxy) is 2. The Morgan fingerprint density at radius 3 is 2.75 bits per heavy atom. The van der Waals surface area contributed by atoms with Crippen LogP contribution in [0.15, 0.2) is 30.6 Å². The maximum Gasteiger partial charge on any atom is 0.167 e. The van der Waals surface area contributed by atoms with Gasteiger partial charge >= 0.3 is 0 Å². The van der Waals surface area contributed by atoms with E-state index in [1.54, 1.807) is 6.20 Å². The van der Waals surface area contributed by atoms with E-state index in [-0.39, 0.29) is 6.61 Å². The Kier molecular flexibility index (Phi) is 5.01. The standard InChI is InChI=1S/C15H20N2O3/c1-3-17-9-12(8-16-17)11-20-15-13(10-18)6-5-7-14(15)19-4-2/h5-9,18H,3-4,10-11H2,1-2H3. The number of nitrogens with zero attached hydrogens (tertiary/aromatic N) is 2. The summed E-state index contributed by atoms with van der Waals surface area (Å²) in [5, 5.41) is 13.6. The SMILES string of the molecule is CCOc1cccc(CO)c1OCc1cnn(CC)c1. The van der Waals surface area contributed by atoms with Gasteiger partial charge in [-0.2, -0.15) is 5.10 Å². The average molecular weight is 276 g/mol. The van der Waals surface area contributed by atoms with Crippen molar-refractivity contribution in [1.82, 2.24) is 9.78 Å². The zero-order chi connectivity index (χ0) is 14.4. The van der Waals surface area contributed by atoms with Crippen LogP contribution in [0.1, 0.15) is 25.0 Å². The topological polar surface area (TPSA) is 56.5 Å². The summed E-state index contributed by atoms with van der Waals surface area (Å²) in [5.74, 6) is 1.25. The van der Waals surface area contributed by atoms with Gasteiger partial charge in [0, 0.05) is 23.9 Å². The van der Waals surface area contributed by atoms with E-state index in [9.17, 15) is 5.11 Å². The van der Waals surface area contributed by atoms with Gasteiger partial charge in [-0.3, -0.25) is 4.68 Å². The Morgan fingerprint density at radius 1 is 1.25 bits per heavy atom. The first-order chi connectivity index (χ1) is 9.78. The van der Waals surface area contributed by atoms with Crippen molar-refractivity contribution in [2.24, 2.45) is 0 Å². The van der Waals surface area contributed by atoms with Crippen molar-refractivity contribution < 1.29 is 14.6 Å². The van der Waals surface area contributed by atoms with Crippen LogP contribution in [0, 0.1) is 0 Å². The first-order valence-corrected chi connectivity index (χ1v) is 6.78. The van der Waals surface area contributed by atoms with Crippen molar-refractivity contribution in [3.8, 4) is 11.5 Å². The number of benzene rings is 1. The molecule has 2 aromatic rings. The fourth-order valence-corrected chi connectivity index (χ4v) is 1.93. The van der Waals surface area contributed by atoms with E-state index in [1.165, 1.54) is 0 Å².